The first-order chi connectivity index (χ1) is 6.73. The third-order valence-corrected chi connectivity index (χ3v) is 3.62. The van der Waals surface area contributed by atoms with Crippen molar-refractivity contribution < 1.29 is 22.3 Å². The lowest BCUT2D eigenvalue weighted by molar-refractivity contribution is 0.141. The van der Waals surface area contributed by atoms with Gasteiger partial charge in [-0.2, -0.15) is 0 Å². The standard InChI is InChI=1S/C6H3BrClF2NO3S/c7-5-3(15(8,13)14)1-2(12)4(11-5)6(9)10/h1,6,12H. The lowest BCUT2D eigenvalue weighted by Crippen LogP contribution is -1.99. The summed E-state index contributed by atoms with van der Waals surface area (Å²) in [5.74, 6) is -0.924. The average Bonchev–Trinajstić information content (AvgIpc) is 2.06. The van der Waals surface area contributed by atoms with Gasteiger partial charge in [-0.3, -0.25) is 0 Å². The average molecular weight is 323 g/mol. The molecule has 15 heavy (non-hydrogen) atoms. The number of nitrogens with zero attached hydrogens (tertiary/aromatic N) is 1. The number of hydrogen-bond donors (Lipinski definition) is 1. The molecule has 84 valence electrons. The number of halogens is 4. The van der Waals surface area contributed by atoms with Crippen LogP contribution in [0.3, 0.4) is 0 Å². The molecule has 1 rings (SSSR count). The van der Waals surface area contributed by atoms with Gasteiger partial charge in [-0.15, -0.1) is 0 Å². The van der Waals surface area contributed by atoms with Gasteiger partial charge in [0.2, 0.25) is 0 Å². The van der Waals surface area contributed by atoms with Gasteiger partial charge in [0.05, 0.1) is 0 Å². The lowest BCUT2D eigenvalue weighted by atomic mass is 10.3. The number of aromatic hydroxyl groups is 1. The number of rotatable bonds is 2. The minimum absolute atomic E-state index is 0.370. The lowest BCUT2D eigenvalue weighted by Gasteiger charge is -2.05. The molecule has 0 bridgehead atoms. The maximum Gasteiger partial charge on any atom is 0.284 e. The van der Waals surface area contributed by atoms with Crippen LogP contribution in [0.15, 0.2) is 15.6 Å². The number of alkyl halides is 2. The molecule has 0 radical (unpaired) electrons. The summed E-state index contributed by atoms with van der Waals surface area (Å²) in [6.45, 7) is 0. The second kappa shape index (κ2) is 4.18. The topological polar surface area (TPSA) is 67.3 Å². The van der Waals surface area contributed by atoms with Crippen LogP contribution in [-0.4, -0.2) is 18.5 Å². The molecular weight excluding hydrogens is 319 g/mol. The Kier molecular flexibility index (Phi) is 3.51. The minimum atomic E-state index is -4.14. The van der Waals surface area contributed by atoms with E-state index in [0.29, 0.717) is 6.07 Å². The van der Waals surface area contributed by atoms with Crippen LogP contribution in [0.25, 0.3) is 0 Å². The fourth-order valence-corrected chi connectivity index (χ4v) is 2.88. The van der Waals surface area contributed by atoms with Crippen LogP contribution in [-0.2, 0) is 9.05 Å². The van der Waals surface area contributed by atoms with E-state index in [1.54, 1.807) is 0 Å². The summed E-state index contributed by atoms with van der Waals surface area (Å²) in [4.78, 5) is 2.63. The highest BCUT2D eigenvalue weighted by Crippen LogP contribution is 2.33. The normalized spacial score (nSPS) is 12.1. The SMILES string of the molecule is O=S(=O)(Cl)c1cc(O)c(C(F)F)nc1Br. The van der Waals surface area contributed by atoms with E-state index in [1.165, 1.54) is 0 Å². The Balaban J connectivity index is 3.46. The molecule has 9 heteroatoms. The van der Waals surface area contributed by atoms with Crippen LogP contribution in [0.4, 0.5) is 8.78 Å². The van der Waals surface area contributed by atoms with Crippen molar-refractivity contribution in [2.24, 2.45) is 0 Å². The molecule has 0 saturated carbocycles. The van der Waals surface area contributed by atoms with Gasteiger partial charge >= 0.3 is 0 Å². The largest absolute Gasteiger partial charge is 0.506 e. The van der Waals surface area contributed by atoms with Crippen molar-refractivity contribution >= 4 is 35.7 Å². The van der Waals surface area contributed by atoms with E-state index in [1.807, 2.05) is 0 Å². The predicted octanol–water partition coefficient (Wildman–Crippen LogP) is 2.41. The number of pyridine rings is 1. The zero-order valence-corrected chi connectivity index (χ0v) is 9.94. The van der Waals surface area contributed by atoms with E-state index in [9.17, 15) is 17.2 Å². The van der Waals surface area contributed by atoms with E-state index in [4.69, 9.17) is 15.8 Å². The maximum atomic E-state index is 12.2. The molecule has 0 aliphatic carbocycles. The van der Waals surface area contributed by atoms with Crippen LogP contribution in [0.1, 0.15) is 12.1 Å². The Hall–Kier alpha value is -0.470. The van der Waals surface area contributed by atoms with Crippen molar-refractivity contribution in [1.29, 1.82) is 0 Å². The van der Waals surface area contributed by atoms with Crippen LogP contribution in [0, 0.1) is 0 Å². The van der Waals surface area contributed by atoms with Crippen LogP contribution in [0.2, 0.25) is 0 Å². The third kappa shape index (κ3) is 2.76. The smallest absolute Gasteiger partial charge is 0.284 e. The Bertz CT molecular complexity index is 493. The highest BCUT2D eigenvalue weighted by molar-refractivity contribution is 9.10. The van der Waals surface area contributed by atoms with Crippen molar-refractivity contribution in [3.05, 3.63) is 16.4 Å². The summed E-state index contributed by atoms with van der Waals surface area (Å²) < 4.78 is 45.8. The Morgan fingerprint density at radius 3 is 2.47 bits per heavy atom. The molecule has 0 atom stereocenters. The summed E-state index contributed by atoms with van der Waals surface area (Å²) in [6.07, 6.45) is -3.01. The molecule has 0 unspecified atom stereocenters. The molecule has 1 aromatic rings. The molecule has 0 fully saturated rings. The van der Waals surface area contributed by atoms with Gasteiger partial charge in [0.15, 0.2) is 0 Å². The molecule has 1 N–H and O–H groups in total. The van der Waals surface area contributed by atoms with E-state index >= 15 is 0 Å². The van der Waals surface area contributed by atoms with Gasteiger partial charge in [-0.05, 0) is 15.9 Å². The molecular formula is C6H3BrClF2NO3S. The van der Waals surface area contributed by atoms with E-state index in [0.717, 1.165) is 0 Å². The van der Waals surface area contributed by atoms with Gasteiger partial charge in [0, 0.05) is 16.7 Å². The Morgan fingerprint density at radius 2 is 2.07 bits per heavy atom. The van der Waals surface area contributed by atoms with Gasteiger partial charge < -0.3 is 5.11 Å². The van der Waals surface area contributed by atoms with E-state index in [-0.39, 0.29) is 4.60 Å². The first kappa shape index (κ1) is 12.6. The molecule has 0 aliphatic rings. The highest BCUT2D eigenvalue weighted by Gasteiger charge is 2.22. The number of hydrogen-bond acceptors (Lipinski definition) is 4. The predicted molar refractivity (Wildman–Crippen MR) is 51.6 cm³/mol. The third-order valence-electron chi connectivity index (χ3n) is 1.42. The van der Waals surface area contributed by atoms with Crippen molar-refractivity contribution in [2.75, 3.05) is 0 Å². The van der Waals surface area contributed by atoms with Gasteiger partial charge in [0.1, 0.15) is 20.9 Å². The zero-order valence-electron chi connectivity index (χ0n) is 6.79. The second-order valence-electron chi connectivity index (χ2n) is 2.42. The van der Waals surface area contributed by atoms with Crippen LogP contribution < -0.4 is 0 Å². The minimum Gasteiger partial charge on any atom is -0.506 e. The maximum absolute atomic E-state index is 12.2. The molecule has 0 saturated heterocycles. The Labute approximate surface area is 96.4 Å². The molecule has 4 nitrogen and oxygen atoms in total. The van der Waals surface area contributed by atoms with Crippen molar-refractivity contribution in [3.63, 3.8) is 0 Å². The summed E-state index contributed by atoms with van der Waals surface area (Å²) in [5.41, 5.74) is -0.911. The quantitative estimate of drug-likeness (QED) is 0.671. The Morgan fingerprint density at radius 1 is 1.53 bits per heavy atom. The van der Waals surface area contributed by atoms with Gasteiger partial charge in [-0.25, -0.2) is 22.2 Å². The molecule has 0 aromatic carbocycles. The fourth-order valence-electron chi connectivity index (χ4n) is 0.807. The second-order valence-corrected chi connectivity index (χ2v) is 5.71. The van der Waals surface area contributed by atoms with Crippen molar-refractivity contribution in [1.82, 2.24) is 4.98 Å². The fraction of sp³-hybridized carbons (Fsp3) is 0.167. The zero-order chi connectivity index (χ0) is 11.8. The molecule has 0 aliphatic heterocycles. The van der Waals surface area contributed by atoms with Crippen LogP contribution >= 0.6 is 26.6 Å². The number of aromatic nitrogens is 1. The van der Waals surface area contributed by atoms with Crippen LogP contribution in [0.5, 0.6) is 5.75 Å². The van der Waals surface area contributed by atoms with Crippen molar-refractivity contribution in [2.45, 2.75) is 11.3 Å². The summed E-state index contributed by atoms with van der Waals surface area (Å²) in [7, 11) is 0.831. The monoisotopic (exact) mass is 321 g/mol. The van der Waals surface area contributed by atoms with Gasteiger partial charge in [-0.1, -0.05) is 0 Å². The summed E-state index contributed by atoms with van der Waals surface area (Å²) in [6, 6.07) is 0.612. The van der Waals surface area contributed by atoms with Crippen molar-refractivity contribution in [3.8, 4) is 5.75 Å². The van der Waals surface area contributed by atoms with E-state index < -0.39 is 31.8 Å². The summed E-state index contributed by atoms with van der Waals surface area (Å²) >= 11 is 2.67. The van der Waals surface area contributed by atoms with Gasteiger partial charge in [0.25, 0.3) is 15.5 Å². The summed E-state index contributed by atoms with van der Waals surface area (Å²) in [5, 5.41) is 9.06. The molecule has 1 heterocycles. The van der Waals surface area contributed by atoms with E-state index in [2.05, 4.69) is 20.9 Å². The molecule has 1 aromatic heterocycles. The molecule has 0 amide bonds. The first-order valence-electron chi connectivity index (χ1n) is 3.35. The highest BCUT2D eigenvalue weighted by atomic mass is 79.9. The molecule has 0 spiro atoms. The first-order valence-corrected chi connectivity index (χ1v) is 6.46.